The first-order chi connectivity index (χ1) is 7.22. The largest absolute Gasteiger partial charge is 0.360 e. The molecule has 0 aliphatic carbocycles. The highest BCUT2D eigenvalue weighted by Crippen LogP contribution is 2.06. The molecule has 0 heterocycles. The maximum Gasteiger partial charge on any atom is 0.0531 e. The summed E-state index contributed by atoms with van der Waals surface area (Å²) in [5, 5.41) is 3.20. The molecular formula is C13H18N2. The molecule has 0 fully saturated rings. The van der Waals surface area contributed by atoms with Gasteiger partial charge in [-0.3, -0.25) is 4.99 Å². The van der Waals surface area contributed by atoms with Gasteiger partial charge in [-0.05, 0) is 32.4 Å². The summed E-state index contributed by atoms with van der Waals surface area (Å²) < 4.78 is 0. The first kappa shape index (κ1) is 11.5. The Hall–Kier alpha value is -1.57. The molecule has 1 aromatic rings. The summed E-state index contributed by atoms with van der Waals surface area (Å²) in [5.74, 6) is 0. The SMILES string of the molecule is CCC(C)=N/C(C)=C\Nc1ccccc1. The lowest BCUT2D eigenvalue weighted by Gasteiger charge is -2.01. The maximum absolute atomic E-state index is 4.43. The van der Waals surface area contributed by atoms with Crippen LogP contribution in [0.25, 0.3) is 0 Å². The topological polar surface area (TPSA) is 24.4 Å². The van der Waals surface area contributed by atoms with Crippen LogP contribution in [0.4, 0.5) is 5.69 Å². The zero-order valence-electron chi connectivity index (χ0n) is 9.62. The van der Waals surface area contributed by atoms with Crippen LogP contribution in [0.1, 0.15) is 27.2 Å². The first-order valence-corrected chi connectivity index (χ1v) is 5.25. The zero-order valence-corrected chi connectivity index (χ0v) is 9.62. The molecule has 0 unspecified atom stereocenters. The van der Waals surface area contributed by atoms with Crippen LogP contribution in [0.2, 0.25) is 0 Å². The van der Waals surface area contributed by atoms with Crippen molar-refractivity contribution in [2.24, 2.45) is 4.99 Å². The minimum atomic E-state index is 0.997. The fourth-order valence-electron chi connectivity index (χ4n) is 1.13. The van der Waals surface area contributed by atoms with Gasteiger partial charge in [0.1, 0.15) is 0 Å². The van der Waals surface area contributed by atoms with Gasteiger partial charge in [0.25, 0.3) is 0 Å². The van der Waals surface area contributed by atoms with E-state index in [1.54, 1.807) is 0 Å². The minimum absolute atomic E-state index is 0.997. The number of nitrogens with zero attached hydrogens (tertiary/aromatic N) is 1. The number of para-hydroxylation sites is 1. The fraction of sp³-hybridized carbons (Fsp3) is 0.308. The highest BCUT2D eigenvalue weighted by molar-refractivity contribution is 5.82. The van der Waals surface area contributed by atoms with Gasteiger partial charge in [0.05, 0.1) is 5.70 Å². The van der Waals surface area contributed by atoms with Crippen LogP contribution < -0.4 is 5.32 Å². The van der Waals surface area contributed by atoms with E-state index in [1.807, 2.05) is 50.4 Å². The van der Waals surface area contributed by atoms with Gasteiger partial charge in [0.15, 0.2) is 0 Å². The van der Waals surface area contributed by atoms with Crippen molar-refractivity contribution in [1.82, 2.24) is 0 Å². The standard InChI is InChI=1S/C13H18N2/c1-4-11(2)15-12(3)10-14-13-8-6-5-7-9-13/h5-10,14H,4H2,1-3H3/b12-10-,15-11?. The number of hydrogen-bond acceptors (Lipinski definition) is 2. The molecule has 0 radical (unpaired) electrons. The third-order valence-electron chi connectivity index (χ3n) is 2.10. The Morgan fingerprint density at radius 3 is 2.53 bits per heavy atom. The molecule has 0 atom stereocenters. The van der Waals surface area contributed by atoms with Gasteiger partial charge in [-0.2, -0.15) is 0 Å². The maximum atomic E-state index is 4.43. The van der Waals surface area contributed by atoms with Crippen LogP contribution in [-0.4, -0.2) is 5.71 Å². The molecule has 0 aliphatic heterocycles. The summed E-state index contributed by atoms with van der Waals surface area (Å²) in [6, 6.07) is 10.1. The molecule has 1 rings (SSSR count). The van der Waals surface area contributed by atoms with E-state index in [4.69, 9.17) is 0 Å². The van der Waals surface area contributed by atoms with E-state index in [-0.39, 0.29) is 0 Å². The van der Waals surface area contributed by atoms with Crippen molar-refractivity contribution < 1.29 is 0 Å². The second-order valence-corrected chi connectivity index (χ2v) is 3.50. The van der Waals surface area contributed by atoms with Crippen LogP contribution in [0.15, 0.2) is 47.2 Å². The molecule has 0 saturated heterocycles. The fourth-order valence-corrected chi connectivity index (χ4v) is 1.13. The van der Waals surface area contributed by atoms with Gasteiger partial charge < -0.3 is 5.32 Å². The van der Waals surface area contributed by atoms with E-state index >= 15 is 0 Å². The lowest BCUT2D eigenvalue weighted by molar-refractivity contribution is 1.20. The smallest absolute Gasteiger partial charge is 0.0531 e. The summed E-state index contributed by atoms with van der Waals surface area (Å²) in [5.41, 5.74) is 3.23. The van der Waals surface area contributed by atoms with Gasteiger partial charge in [-0.25, -0.2) is 0 Å². The minimum Gasteiger partial charge on any atom is -0.360 e. The van der Waals surface area contributed by atoms with Gasteiger partial charge in [0, 0.05) is 17.6 Å². The molecule has 0 spiro atoms. The van der Waals surface area contributed by atoms with Crippen molar-refractivity contribution >= 4 is 11.4 Å². The monoisotopic (exact) mass is 202 g/mol. The van der Waals surface area contributed by atoms with Crippen molar-refractivity contribution in [3.05, 3.63) is 42.2 Å². The Bertz CT molecular complexity index is 350. The van der Waals surface area contributed by atoms with E-state index in [2.05, 4.69) is 17.2 Å². The number of anilines is 1. The molecule has 1 N–H and O–H groups in total. The normalized spacial score (nSPS) is 12.7. The number of aliphatic imine (C=N–C) groups is 1. The Labute approximate surface area is 91.7 Å². The van der Waals surface area contributed by atoms with Gasteiger partial charge >= 0.3 is 0 Å². The van der Waals surface area contributed by atoms with Crippen molar-refractivity contribution in [3.8, 4) is 0 Å². The number of hydrogen-bond donors (Lipinski definition) is 1. The third-order valence-corrected chi connectivity index (χ3v) is 2.10. The quantitative estimate of drug-likeness (QED) is 0.737. The Balaban J connectivity index is 2.58. The summed E-state index contributed by atoms with van der Waals surface area (Å²) in [7, 11) is 0. The summed E-state index contributed by atoms with van der Waals surface area (Å²) in [6.45, 7) is 6.14. The van der Waals surface area contributed by atoms with E-state index < -0.39 is 0 Å². The van der Waals surface area contributed by atoms with Crippen LogP contribution in [0, 0.1) is 0 Å². The van der Waals surface area contributed by atoms with E-state index in [0.717, 1.165) is 23.5 Å². The molecule has 0 aliphatic rings. The molecular weight excluding hydrogens is 184 g/mol. The molecule has 0 amide bonds. The van der Waals surface area contributed by atoms with E-state index in [0.29, 0.717) is 0 Å². The highest BCUT2D eigenvalue weighted by Gasteiger charge is 1.89. The second kappa shape index (κ2) is 6.02. The summed E-state index contributed by atoms with van der Waals surface area (Å²) in [6.07, 6.45) is 2.92. The first-order valence-electron chi connectivity index (χ1n) is 5.25. The van der Waals surface area contributed by atoms with E-state index in [9.17, 15) is 0 Å². The molecule has 80 valence electrons. The molecule has 0 bridgehead atoms. The Morgan fingerprint density at radius 1 is 1.27 bits per heavy atom. The second-order valence-electron chi connectivity index (χ2n) is 3.50. The van der Waals surface area contributed by atoms with Crippen molar-refractivity contribution in [1.29, 1.82) is 0 Å². The molecule has 0 saturated carbocycles. The van der Waals surface area contributed by atoms with Crippen molar-refractivity contribution in [3.63, 3.8) is 0 Å². The number of rotatable bonds is 4. The molecule has 0 aromatic heterocycles. The predicted octanol–water partition coefficient (Wildman–Crippen LogP) is 3.83. The number of benzene rings is 1. The van der Waals surface area contributed by atoms with Gasteiger partial charge in [-0.15, -0.1) is 0 Å². The van der Waals surface area contributed by atoms with Crippen LogP contribution in [-0.2, 0) is 0 Å². The third kappa shape index (κ3) is 4.45. The Kier molecular flexibility index (Phi) is 4.61. The summed E-state index contributed by atoms with van der Waals surface area (Å²) >= 11 is 0. The van der Waals surface area contributed by atoms with Gasteiger partial charge in [0.2, 0.25) is 0 Å². The average molecular weight is 202 g/mol. The molecule has 15 heavy (non-hydrogen) atoms. The predicted molar refractivity (Wildman–Crippen MR) is 67.2 cm³/mol. The van der Waals surface area contributed by atoms with Crippen molar-refractivity contribution in [2.75, 3.05) is 5.32 Å². The van der Waals surface area contributed by atoms with Gasteiger partial charge in [-0.1, -0.05) is 25.1 Å². The summed E-state index contributed by atoms with van der Waals surface area (Å²) in [4.78, 5) is 4.43. The number of nitrogens with one attached hydrogen (secondary N) is 1. The molecule has 1 aromatic carbocycles. The highest BCUT2D eigenvalue weighted by atomic mass is 14.9. The lowest BCUT2D eigenvalue weighted by Crippen LogP contribution is -1.91. The van der Waals surface area contributed by atoms with Crippen LogP contribution in [0.3, 0.4) is 0 Å². The lowest BCUT2D eigenvalue weighted by atomic mass is 10.3. The molecule has 2 nitrogen and oxygen atoms in total. The van der Waals surface area contributed by atoms with Crippen LogP contribution >= 0.6 is 0 Å². The number of allylic oxidation sites excluding steroid dienone is 1. The zero-order chi connectivity index (χ0) is 11.1. The average Bonchev–Trinajstić information content (AvgIpc) is 2.27. The van der Waals surface area contributed by atoms with E-state index in [1.165, 1.54) is 0 Å². The Morgan fingerprint density at radius 2 is 1.93 bits per heavy atom. The van der Waals surface area contributed by atoms with Crippen molar-refractivity contribution in [2.45, 2.75) is 27.2 Å². The molecule has 2 heteroatoms. The van der Waals surface area contributed by atoms with Crippen LogP contribution in [0.5, 0.6) is 0 Å².